The number of pyridine rings is 1. The highest BCUT2D eigenvalue weighted by molar-refractivity contribution is 5.83. The first kappa shape index (κ1) is 25.2. The summed E-state index contributed by atoms with van der Waals surface area (Å²) in [5.41, 5.74) is 6.10. The molecule has 198 valence electrons. The third-order valence-corrected chi connectivity index (χ3v) is 7.62. The number of H-pyrrole nitrogens is 1. The molecular weight excluding hydrogens is 486 g/mol. The number of aryl methyl sites for hydroxylation is 2. The van der Waals surface area contributed by atoms with Gasteiger partial charge in [-0.15, -0.1) is 5.10 Å². The number of nitrogens with one attached hydrogen (secondary N) is 1. The predicted octanol–water partition coefficient (Wildman–Crippen LogP) is 4.09. The molecule has 1 aliphatic rings. The van der Waals surface area contributed by atoms with Crippen LogP contribution in [0, 0.1) is 13.8 Å². The lowest BCUT2D eigenvalue weighted by Gasteiger charge is -2.38. The molecule has 1 unspecified atom stereocenters. The van der Waals surface area contributed by atoms with E-state index >= 15 is 0 Å². The Labute approximate surface area is 227 Å². The number of aromatic nitrogens is 5. The van der Waals surface area contributed by atoms with Crippen LogP contribution in [0.1, 0.15) is 39.7 Å². The first-order valence-corrected chi connectivity index (χ1v) is 13.5. The van der Waals surface area contributed by atoms with Gasteiger partial charge in [0.1, 0.15) is 6.04 Å². The molecular formula is C31H33N7O. The van der Waals surface area contributed by atoms with Crippen molar-refractivity contribution < 1.29 is 0 Å². The van der Waals surface area contributed by atoms with Crippen LogP contribution in [0.3, 0.4) is 0 Å². The number of fused-ring (bicyclic) bond motifs is 1. The Bertz CT molecular complexity index is 1620. The fourth-order valence-corrected chi connectivity index (χ4v) is 5.70. The summed E-state index contributed by atoms with van der Waals surface area (Å²) in [7, 11) is 0. The van der Waals surface area contributed by atoms with E-state index in [1.54, 1.807) is 0 Å². The minimum atomic E-state index is -0.364. The summed E-state index contributed by atoms with van der Waals surface area (Å²) in [4.78, 5) is 21.7. The monoisotopic (exact) mass is 519 g/mol. The molecule has 2 aromatic heterocycles. The standard InChI is InChI=1S/C31H33N7O/c1-22-17-23(2)28-26(18-22)19-27(31(39)32-28)29(30-33-34-35-38(30)21-25-11-7-4-8-12-25)37-15-13-36(14-16-37)20-24-9-5-3-6-10-24/h3-12,17-19,29H,13-16,20-21H2,1-2H3,(H,32,39). The molecule has 5 aromatic rings. The lowest BCUT2D eigenvalue weighted by Crippen LogP contribution is -2.48. The van der Waals surface area contributed by atoms with Gasteiger partial charge in [-0.3, -0.25) is 14.6 Å². The van der Waals surface area contributed by atoms with Crippen molar-refractivity contribution in [2.45, 2.75) is 33.0 Å². The van der Waals surface area contributed by atoms with Crippen LogP contribution in [0.5, 0.6) is 0 Å². The Hall–Kier alpha value is -4.14. The fraction of sp³-hybridized carbons (Fsp3) is 0.290. The van der Waals surface area contributed by atoms with Crippen molar-refractivity contribution in [3.05, 3.63) is 123 Å². The van der Waals surface area contributed by atoms with Crippen LogP contribution in [-0.2, 0) is 13.1 Å². The lowest BCUT2D eigenvalue weighted by molar-refractivity contribution is 0.0998. The van der Waals surface area contributed by atoms with Gasteiger partial charge in [-0.2, -0.15) is 0 Å². The molecule has 1 saturated heterocycles. The first-order valence-electron chi connectivity index (χ1n) is 13.5. The second-order valence-corrected chi connectivity index (χ2v) is 10.5. The summed E-state index contributed by atoms with van der Waals surface area (Å²) in [5, 5.41) is 13.9. The molecule has 1 N–H and O–H groups in total. The highest BCUT2D eigenvalue weighted by Crippen LogP contribution is 2.29. The molecule has 6 rings (SSSR count). The maximum absolute atomic E-state index is 13.7. The number of aromatic amines is 1. The first-order chi connectivity index (χ1) is 19.0. The van der Waals surface area contributed by atoms with Gasteiger partial charge in [0.15, 0.2) is 5.82 Å². The van der Waals surface area contributed by atoms with Gasteiger partial charge in [0.2, 0.25) is 0 Å². The van der Waals surface area contributed by atoms with Crippen LogP contribution in [0.15, 0.2) is 83.7 Å². The van der Waals surface area contributed by atoms with Crippen molar-refractivity contribution in [1.82, 2.24) is 35.0 Å². The van der Waals surface area contributed by atoms with Gasteiger partial charge < -0.3 is 4.98 Å². The summed E-state index contributed by atoms with van der Waals surface area (Å²) in [6.07, 6.45) is 0. The lowest BCUT2D eigenvalue weighted by atomic mass is 10.00. The van der Waals surface area contributed by atoms with Crippen molar-refractivity contribution in [1.29, 1.82) is 0 Å². The number of tetrazole rings is 1. The molecule has 3 heterocycles. The second kappa shape index (κ2) is 10.9. The highest BCUT2D eigenvalue weighted by Gasteiger charge is 2.32. The van der Waals surface area contributed by atoms with Gasteiger partial charge in [-0.1, -0.05) is 72.3 Å². The highest BCUT2D eigenvalue weighted by atomic mass is 16.1. The average Bonchev–Trinajstić information content (AvgIpc) is 3.39. The Morgan fingerprint density at radius 2 is 1.51 bits per heavy atom. The minimum Gasteiger partial charge on any atom is -0.321 e. The molecule has 0 bridgehead atoms. The second-order valence-electron chi connectivity index (χ2n) is 10.5. The Morgan fingerprint density at radius 1 is 0.846 bits per heavy atom. The number of hydrogen-bond acceptors (Lipinski definition) is 6. The van der Waals surface area contributed by atoms with Crippen LogP contribution in [0.2, 0.25) is 0 Å². The normalized spacial score (nSPS) is 15.5. The minimum absolute atomic E-state index is 0.0968. The molecule has 1 aliphatic heterocycles. The quantitative estimate of drug-likeness (QED) is 0.349. The third kappa shape index (κ3) is 5.39. The zero-order valence-corrected chi connectivity index (χ0v) is 22.4. The molecule has 8 heteroatoms. The van der Waals surface area contributed by atoms with Crippen molar-refractivity contribution in [3.63, 3.8) is 0 Å². The topological polar surface area (TPSA) is 82.9 Å². The number of rotatable bonds is 7. The molecule has 0 radical (unpaired) electrons. The van der Waals surface area contributed by atoms with Gasteiger partial charge in [0.25, 0.3) is 5.56 Å². The zero-order valence-electron chi connectivity index (χ0n) is 22.4. The van der Waals surface area contributed by atoms with E-state index in [-0.39, 0.29) is 11.6 Å². The van der Waals surface area contributed by atoms with Crippen LogP contribution in [0.4, 0.5) is 0 Å². The summed E-state index contributed by atoms with van der Waals surface area (Å²) in [5.74, 6) is 0.685. The third-order valence-electron chi connectivity index (χ3n) is 7.62. The zero-order chi connectivity index (χ0) is 26.8. The van der Waals surface area contributed by atoms with Gasteiger partial charge >= 0.3 is 0 Å². The van der Waals surface area contributed by atoms with E-state index in [9.17, 15) is 4.79 Å². The van der Waals surface area contributed by atoms with Gasteiger partial charge in [-0.05, 0) is 58.5 Å². The van der Waals surface area contributed by atoms with Gasteiger partial charge in [-0.25, -0.2) is 4.68 Å². The van der Waals surface area contributed by atoms with Gasteiger partial charge in [0, 0.05) is 38.3 Å². The number of piperazine rings is 1. The Kier molecular flexibility index (Phi) is 7.04. The SMILES string of the molecule is Cc1cc(C)c2[nH]c(=O)c(C(c3nnnn3Cc3ccccc3)N3CCN(Cc4ccccc4)CC3)cc2c1. The van der Waals surface area contributed by atoms with Crippen LogP contribution in [-0.4, -0.2) is 61.2 Å². The molecule has 0 spiro atoms. The molecule has 39 heavy (non-hydrogen) atoms. The Morgan fingerprint density at radius 3 is 2.21 bits per heavy atom. The number of hydrogen-bond donors (Lipinski definition) is 1. The number of nitrogens with zero attached hydrogens (tertiary/aromatic N) is 6. The van der Waals surface area contributed by atoms with Crippen molar-refractivity contribution in [2.75, 3.05) is 26.2 Å². The van der Waals surface area contributed by atoms with Crippen molar-refractivity contribution in [2.24, 2.45) is 0 Å². The van der Waals surface area contributed by atoms with E-state index in [1.807, 2.05) is 35.9 Å². The Balaban J connectivity index is 1.37. The van der Waals surface area contributed by atoms with Crippen molar-refractivity contribution >= 4 is 10.9 Å². The van der Waals surface area contributed by atoms with Crippen LogP contribution >= 0.6 is 0 Å². The molecule has 1 fully saturated rings. The predicted molar refractivity (Wildman–Crippen MR) is 153 cm³/mol. The molecule has 0 saturated carbocycles. The van der Waals surface area contributed by atoms with E-state index in [0.29, 0.717) is 17.9 Å². The van der Waals surface area contributed by atoms with Gasteiger partial charge in [0.05, 0.1) is 12.1 Å². The fourth-order valence-electron chi connectivity index (χ4n) is 5.70. The van der Waals surface area contributed by atoms with E-state index in [1.165, 1.54) is 5.56 Å². The maximum atomic E-state index is 13.7. The summed E-state index contributed by atoms with van der Waals surface area (Å²) in [6, 6.07) is 26.6. The van der Waals surface area contributed by atoms with E-state index in [4.69, 9.17) is 0 Å². The smallest absolute Gasteiger partial charge is 0.253 e. The van der Waals surface area contributed by atoms with E-state index in [0.717, 1.165) is 60.3 Å². The molecule has 0 aliphatic carbocycles. The molecule has 0 amide bonds. The molecule has 8 nitrogen and oxygen atoms in total. The molecule has 3 aromatic carbocycles. The summed E-state index contributed by atoms with van der Waals surface area (Å²) < 4.78 is 1.83. The summed E-state index contributed by atoms with van der Waals surface area (Å²) >= 11 is 0. The largest absolute Gasteiger partial charge is 0.321 e. The van der Waals surface area contributed by atoms with Crippen LogP contribution in [0.25, 0.3) is 10.9 Å². The van der Waals surface area contributed by atoms with E-state index in [2.05, 4.69) is 91.8 Å². The average molecular weight is 520 g/mol. The number of benzene rings is 3. The summed E-state index contributed by atoms with van der Waals surface area (Å²) in [6.45, 7) is 8.98. The van der Waals surface area contributed by atoms with Crippen molar-refractivity contribution in [3.8, 4) is 0 Å². The van der Waals surface area contributed by atoms with Crippen LogP contribution < -0.4 is 5.56 Å². The van der Waals surface area contributed by atoms with E-state index < -0.39 is 0 Å². The maximum Gasteiger partial charge on any atom is 0.253 e. The molecule has 1 atom stereocenters.